The fourth-order valence-electron chi connectivity index (χ4n) is 3.50. The molecule has 6 nitrogen and oxygen atoms in total. The van der Waals surface area contributed by atoms with Crippen LogP contribution in [0.4, 0.5) is 11.4 Å². The summed E-state index contributed by atoms with van der Waals surface area (Å²) in [4.78, 5) is 12.6. The minimum Gasteiger partial charge on any atom is -0.378 e. The number of anilines is 2. The van der Waals surface area contributed by atoms with Gasteiger partial charge in [-0.3, -0.25) is 4.79 Å². The standard InChI is InChI=1S/C26H26ClN5OS/c1-18-8-13-23(19(2)14-18)29-25(33)17-34-26-31-30-24(15-28-22-11-9-21(27)10-12-22)32(26)16-20-6-4-3-5-7-20/h3-14,28H,15-17H2,1-2H3,(H,29,33). The van der Waals surface area contributed by atoms with Gasteiger partial charge in [0.15, 0.2) is 11.0 Å². The maximum absolute atomic E-state index is 12.6. The maximum Gasteiger partial charge on any atom is 0.234 e. The van der Waals surface area contributed by atoms with Gasteiger partial charge in [-0.05, 0) is 55.3 Å². The first-order chi connectivity index (χ1) is 16.5. The molecule has 1 amide bonds. The van der Waals surface area contributed by atoms with Crippen LogP contribution in [0.25, 0.3) is 0 Å². The van der Waals surface area contributed by atoms with Gasteiger partial charge in [-0.25, -0.2) is 0 Å². The van der Waals surface area contributed by atoms with Crippen molar-refractivity contribution in [3.63, 3.8) is 0 Å². The topological polar surface area (TPSA) is 71.8 Å². The summed E-state index contributed by atoms with van der Waals surface area (Å²) in [5.41, 5.74) is 5.12. The van der Waals surface area contributed by atoms with Gasteiger partial charge in [0.25, 0.3) is 0 Å². The molecule has 0 saturated heterocycles. The molecular weight excluding hydrogens is 466 g/mol. The highest BCUT2D eigenvalue weighted by molar-refractivity contribution is 7.99. The largest absolute Gasteiger partial charge is 0.378 e. The number of rotatable bonds is 9. The average molecular weight is 492 g/mol. The van der Waals surface area contributed by atoms with Gasteiger partial charge in [0, 0.05) is 16.4 Å². The molecule has 0 aliphatic rings. The number of aromatic nitrogens is 3. The molecule has 4 rings (SSSR count). The van der Waals surface area contributed by atoms with Gasteiger partial charge in [0.2, 0.25) is 5.91 Å². The first-order valence-corrected chi connectivity index (χ1v) is 12.3. The van der Waals surface area contributed by atoms with Crippen LogP contribution in [-0.2, 0) is 17.9 Å². The summed E-state index contributed by atoms with van der Waals surface area (Å²) in [7, 11) is 0. The Morgan fingerprint density at radius 1 is 1.00 bits per heavy atom. The highest BCUT2D eigenvalue weighted by Crippen LogP contribution is 2.22. The van der Waals surface area contributed by atoms with Gasteiger partial charge in [-0.2, -0.15) is 0 Å². The first-order valence-electron chi connectivity index (χ1n) is 10.9. The molecule has 0 atom stereocenters. The summed E-state index contributed by atoms with van der Waals surface area (Å²) in [6.45, 7) is 5.14. The van der Waals surface area contributed by atoms with Gasteiger partial charge >= 0.3 is 0 Å². The summed E-state index contributed by atoms with van der Waals surface area (Å²) in [6.07, 6.45) is 0. The number of hydrogen-bond acceptors (Lipinski definition) is 5. The molecule has 1 heterocycles. The molecule has 0 fully saturated rings. The van der Waals surface area contributed by atoms with Crippen LogP contribution in [0.1, 0.15) is 22.5 Å². The Balaban J connectivity index is 1.46. The zero-order valence-electron chi connectivity index (χ0n) is 19.1. The van der Waals surface area contributed by atoms with Crippen LogP contribution in [-0.4, -0.2) is 26.4 Å². The second-order valence-corrected chi connectivity index (χ2v) is 9.37. The Morgan fingerprint density at radius 3 is 2.50 bits per heavy atom. The molecule has 0 bridgehead atoms. The summed E-state index contributed by atoms with van der Waals surface area (Å²) in [6, 6.07) is 23.7. The van der Waals surface area contributed by atoms with Crippen molar-refractivity contribution in [2.24, 2.45) is 0 Å². The number of nitrogens with one attached hydrogen (secondary N) is 2. The van der Waals surface area contributed by atoms with Crippen molar-refractivity contribution >= 4 is 40.6 Å². The Kier molecular flexibility index (Phi) is 7.87. The maximum atomic E-state index is 12.6. The molecule has 0 saturated carbocycles. The number of amides is 1. The van der Waals surface area contributed by atoms with E-state index in [1.807, 2.05) is 73.0 Å². The van der Waals surface area contributed by atoms with Crippen molar-refractivity contribution in [2.45, 2.75) is 32.1 Å². The van der Waals surface area contributed by atoms with Crippen molar-refractivity contribution in [1.29, 1.82) is 0 Å². The van der Waals surface area contributed by atoms with Crippen LogP contribution in [0, 0.1) is 13.8 Å². The van der Waals surface area contributed by atoms with Gasteiger partial charge in [0.1, 0.15) is 0 Å². The van der Waals surface area contributed by atoms with E-state index in [1.165, 1.54) is 17.3 Å². The zero-order chi connectivity index (χ0) is 23.9. The minimum absolute atomic E-state index is 0.0768. The molecule has 2 N–H and O–H groups in total. The van der Waals surface area contributed by atoms with Gasteiger partial charge < -0.3 is 15.2 Å². The van der Waals surface area contributed by atoms with E-state index in [1.54, 1.807) is 0 Å². The van der Waals surface area contributed by atoms with Crippen LogP contribution in [0.15, 0.2) is 78.0 Å². The number of thioether (sulfide) groups is 1. The number of carbonyl (C=O) groups excluding carboxylic acids is 1. The molecule has 34 heavy (non-hydrogen) atoms. The summed E-state index contributed by atoms with van der Waals surface area (Å²) in [5, 5.41) is 16.5. The summed E-state index contributed by atoms with van der Waals surface area (Å²) < 4.78 is 2.05. The fourth-order valence-corrected chi connectivity index (χ4v) is 4.38. The monoisotopic (exact) mass is 491 g/mol. The molecule has 0 radical (unpaired) electrons. The number of carbonyl (C=O) groups is 1. The van der Waals surface area contributed by atoms with Crippen LogP contribution in [0.3, 0.4) is 0 Å². The molecule has 3 aromatic carbocycles. The van der Waals surface area contributed by atoms with E-state index in [2.05, 4.69) is 39.0 Å². The molecular formula is C26H26ClN5OS. The van der Waals surface area contributed by atoms with E-state index in [0.717, 1.165) is 28.3 Å². The number of nitrogens with zero attached hydrogens (tertiary/aromatic N) is 3. The molecule has 4 aromatic rings. The highest BCUT2D eigenvalue weighted by Gasteiger charge is 2.15. The van der Waals surface area contributed by atoms with E-state index in [-0.39, 0.29) is 11.7 Å². The van der Waals surface area contributed by atoms with Crippen molar-refractivity contribution in [2.75, 3.05) is 16.4 Å². The van der Waals surface area contributed by atoms with Crippen molar-refractivity contribution in [3.05, 3.63) is 100 Å². The average Bonchev–Trinajstić information content (AvgIpc) is 3.21. The molecule has 174 valence electrons. The second-order valence-electron chi connectivity index (χ2n) is 7.99. The van der Waals surface area contributed by atoms with E-state index in [9.17, 15) is 4.79 Å². The van der Waals surface area contributed by atoms with Crippen LogP contribution >= 0.6 is 23.4 Å². The summed E-state index contributed by atoms with van der Waals surface area (Å²) >= 11 is 7.36. The predicted molar refractivity (Wildman–Crippen MR) is 140 cm³/mol. The number of hydrogen-bond donors (Lipinski definition) is 2. The van der Waals surface area contributed by atoms with E-state index in [4.69, 9.17) is 11.6 Å². The third-order valence-corrected chi connectivity index (χ3v) is 6.48. The van der Waals surface area contributed by atoms with Crippen molar-refractivity contribution < 1.29 is 4.79 Å². The zero-order valence-corrected chi connectivity index (χ0v) is 20.7. The lowest BCUT2D eigenvalue weighted by molar-refractivity contribution is -0.113. The normalized spacial score (nSPS) is 10.8. The third kappa shape index (κ3) is 6.40. The predicted octanol–water partition coefficient (Wildman–Crippen LogP) is 5.94. The van der Waals surface area contributed by atoms with Crippen LogP contribution < -0.4 is 10.6 Å². The number of benzene rings is 3. The van der Waals surface area contributed by atoms with E-state index >= 15 is 0 Å². The molecule has 8 heteroatoms. The minimum atomic E-state index is -0.0768. The van der Waals surface area contributed by atoms with Gasteiger partial charge in [-0.15, -0.1) is 10.2 Å². The van der Waals surface area contributed by atoms with Gasteiger partial charge in [0.05, 0.1) is 18.8 Å². The molecule has 0 aliphatic carbocycles. The Hall–Kier alpha value is -3.29. The molecule has 0 aliphatic heterocycles. The highest BCUT2D eigenvalue weighted by atomic mass is 35.5. The van der Waals surface area contributed by atoms with Crippen molar-refractivity contribution in [1.82, 2.24) is 14.8 Å². The smallest absolute Gasteiger partial charge is 0.234 e. The quantitative estimate of drug-likeness (QED) is 0.283. The lowest BCUT2D eigenvalue weighted by atomic mass is 10.1. The molecule has 1 aromatic heterocycles. The lowest BCUT2D eigenvalue weighted by Crippen LogP contribution is -2.16. The molecule has 0 spiro atoms. The van der Waals surface area contributed by atoms with Crippen molar-refractivity contribution in [3.8, 4) is 0 Å². The van der Waals surface area contributed by atoms with Gasteiger partial charge in [-0.1, -0.05) is 71.4 Å². The van der Waals surface area contributed by atoms with E-state index in [0.29, 0.717) is 23.3 Å². The Bertz CT molecular complexity index is 1260. The number of aryl methyl sites for hydroxylation is 2. The van der Waals surface area contributed by atoms with Crippen LogP contribution in [0.2, 0.25) is 5.02 Å². The second kappa shape index (κ2) is 11.2. The van der Waals surface area contributed by atoms with E-state index < -0.39 is 0 Å². The fraction of sp³-hybridized carbons (Fsp3) is 0.192. The lowest BCUT2D eigenvalue weighted by Gasteiger charge is -2.12. The molecule has 0 unspecified atom stereocenters. The Labute approximate surface area is 208 Å². The summed E-state index contributed by atoms with van der Waals surface area (Å²) in [5.74, 6) is 0.952. The number of halogens is 1. The first kappa shape index (κ1) is 23.9. The third-order valence-electron chi connectivity index (χ3n) is 5.26. The SMILES string of the molecule is Cc1ccc(NC(=O)CSc2nnc(CNc3ccc(Cl)cc3)n2Cc2ccccc2)c(C)c1. The Morgan fingerprint density at radius 2 is 1.76 bits per heavy atom. The van der Waals surface area contributed by atoms with Crippen LogP contribution in [0.5, 0.6) is 0 Å².